The molecule has 1 aromatic carbocycles. The standard InChI is InChI=1S/C20H22N2O2S2/c1-16-7-8-17(2)20(13-16)26(23,24)22(11-9-19-6-4-12-25-19)15-18-5-3-10-21-14-18/h3-8,10,12-14H,9,11,15H2,1-2H3. The van der Waals surface area contributed by atoms with Crippen LogP contribution in [0.3, 0.4) is 0 Å². The summed E-state index contributed by atoms with van der Waals surface area (Å²) in [5.41, 5.74) is 2.59. The fraction of sp³-hybridized carbons (Fsp3) is 0.250. The SMILES string of the molecule is Cc1ccc(C)c(S(=O)(=O)N(CCc2cccs2)Cc2cccnc2)c1. The van der Waals surface area contributed by atoms with Gasteiger partial charge in [0.15, 0.2) is 0 Å². The van der Waals surface area contributed by atoms with Gasteiger partial charge in [-0.2, -0.15) is 4.31 Å². The Kier molecular flexibility index (Phi) is 5.86. The van der Waals surface area contributed by atoms with Gasteiger partial charge in [-0.15, -0.1) is 11.3 Å². The zero-order valence-electron chi connectivity index (χ0n) is 14.9. The van der Waals surface area contributed by atoms with Crippen molar-refractivity contribution in [1.82, 2.24) is 9.29 Å². The lowest BCUT2D eigenvalue weighted by molar-refractivity contribution is 0.409. The van der Waals surface area contributed by atoms with Crippen molar-refractivity contribution in [3.63, 3.8) is 0 Å². The number of nitrogens with zero attached hydrogens (tertiary/aromatic N) is 2. The molecule has 0 atom stereocenters. The van der Waals surface area contributed by atoms with Gasteiger partial charge in [0.2, 0.25) is 10.0 Å². The first-order chi connectivity index (χ1) is 12.5. The Morgan fingerprint density at radius 1 is 1.12 bits per heavy atom. The quantitative estimate of drug-likeness (QED) is 0.612. The van der Waals surface area contributed by atoms with Gasteiger partial charge in [-0.25, -0.2) is 8.42 Å². The molecular weight excluding hydrogens is 364 g/mol. The van der Waals surface area contributed by atoms with Gasteiger partial charge in [-0.3, -0.25) is 4.98 Å². The van der Waals surface area contributed by atoms with Gasteiger partial charge in [0, 0.05) is 30.4 Å². The third kappa shape index (κ3) is 4.38. The summed E-state index contributed by atoms with van der Waals surface area (Å²) in [6.45, 7) is 4.50. The third-order valence-electron chi connectivity index (χ3n) is 4.23. The summed E-state index contributed by atoms with van der Waals surface area (Å²) in [6, 6.07) is 13.3. The lowest BCUT2D eigenvalue weighted by Gasteiger charge is -2.23. The number of aryl methyl sites for hydroxylation is 2. The average Bonchev–Trinajstić information content (AvgIpc) is 3.15. The molecule has 0 spiro atoms. The second kappa shape index (κ2) is 8.12. The summed E-state index contributed by atoms with van der Waals surface area (Å²) < 4.78 is 28.3. The molecule has 0 amide bonds. The summed E-state index contributed by atoms with van der Waals surface area (Å²) in [7, 11) is -3.60. The molecular formula is C20H22N2O2S2. The van der Waals surface area contributed by atoms with Crippen LogP contribution in [0.2, 0.25) is 0 Å². The van der Waals surface area contributed by atoms with Crippen molar-refractivity contribution in [3.8, 4) is 0 Å². The van der Waals surface area contributed by atoms with Crippen LogP contribution >= 0.6 is 11.3 Å². The summed E-state index contributed by atoms with van der Waals surface area (Å²) in [5, 5.41) is 2.01. The van der Waals surface area contributed by atoms with Crippen molar-refractivity contribution < 1.29 is 8.42 Å². The first-order valence-corrected chi connectivity index (χ1v) is 10.8. The normalized spacial score (nSPS) is 11.8. The van der Waals surface area contributed by atoms with E-state index in [1.54, 1.807) is 34.1 Å². The van der Waals surface area contributed by atoms with E-state index in [-0.39, 0.29) is 0 Å². The lowest BCUT2D eigenvalue weighted by Crippen LogP contribution is -2.33. The molecule has 3 rings (SSSR count). The summed E-state index contributed by atoms with van der Waals surface area (Å²) >= 11 is 1.65. The number of thiophene rings is 1. The van der Waals surface area contributed by atoms with Crippen molar-refractivity contribution in [2.24, 2.45) is 0 Å². The van der Waals surface area contributed by atoms with Crippen LogP contribution in [0.5, 0.6) is 0 Å². The average molecular weight is 387 g/mol. The number of benzene rings is 1. The maximum absolute atomic E-state index is 13.4. The van der Waals surface area contributed by atoms with E-state index >= 15 is 0 Å². The summed E-state index contributed by atoms with van der Waals surface area (Å²) in [6.07, 6.45) is 4.11. The van der Waals surface area contributed by atoms with Crippen molar-refractivity contribution >= 4 is 21.4 Å². The monoisotopic (exact) mass is 386 g/mol. The second-order valence-corrected chi connectivity index (χ2v) is 9.24. The fourth-order valence-electron chi connectivity index (χ4n) is 2.79. The highest BCUT2D eigenvalue weighted by Crippen LogP contribution is 2.23. The minimum Gasteiger partial charge on any atom is -0.264 e. The minimum atomic E-state index is -3.60. The minimum absolute atomic E-state index is 0.314. The fourth-order valence-corrected chi connectivity index (χ4v) is 5.23. The Balaban J connectivity index is 1.93. The molecule has 4 nitrogen and oxygen atoms in total. The Hall–Kier alpha value is -2.02. The zero-order chi connectivity index (χ0) is 18.6. The van der Waals surface area contributed by atoms with Gasteiger partial charge in [0.1, 0.15) is 0 Å². The van der Waals surface area contributed by atoms with Crippen molar-refractivity contribution in [1.29, 1.82) is 0 Å². The second-order valence-electron chi connectivity index (χ2n) is 6.30. The van der Waals surface area contributed by atoms with E-state index in [1.165, 1.54) is 4.88 Å². The number of pyridine rings is 1. The number of sulfonamides is 1. The van der Waals surface area contributed by atoms with Gasteiger partial charge in [0.25, 0.3) is 0 Å². The molecule has 2 heterocycles. The third-order valence-corrected chi connectivity index (χ3v) is 7.15. The van der Waals surface area contributed by atoms with Crippen LogP contribution in [-0.2, 0) is 23.0 Å². The topological polar surface area (TPSA) is 50.3 Å². The predicted octanol–water partition coefficient (Wildman–Crippen LogP) is 4.19. The van der Waals surface area contributed by atoms with E-state index in [0.717, 1.165) is 16.7 Å². The maximum Gasteiger partial charge on any atom is 0.243 e. The van der Waals surface area contributed by atoms with Gasteiger partial charge >= 0.3 is 0 Å². The van der Waals surface area contributed by atoms with Gasteiger partial charge in [-0.1, -0.05) is 24.3 Å². The van der Waals surface area contributed by atoms with Crippen LogP contribution in [0.25, 0.3) is 0 Å². The van der Waals surface area contributed by atoms with Gasteiger partial charge < -0.3 is 0 Å². The molecule has 3 aromatic rings. The Morgan fingerprint density at radius 3 is 2.65 bits per heavy atom. The Morgan fingerprint density at radius 2 is 1.96 bits per heavy atom. The highest BCUT2D eigenvalue weighted by molar-refractivity contribution is 7.89. The van der Waals surface area contributed by atoms with Crippen molar-refractivity contribution in [3.05, 3.63) is 81.8 Å². The largest absolute Gasteiger partial charge is 0.264 e. The molecule has 0 aliphatic rings. The Labute approximate surface area is 159 Å². The number of hydrogen-bond donors (Lipinski definition) is 0. The highest BCUT2D eigenvalue weighted by atomic mass is 32.2. The maximum atomic E-state index is 13.4. The van der Waals surface area contributed by atoms with Crippen LogP contribution in [0.1, 0.15) is 21.6 Å². The van der Waals surface area contributed by atoms with Gasteiger partial charge in [-0.05, 0) is 60.5 Å². The number of aromatic nitrogens is 1. The highest BCUT2D eigenvalue weighted by Gasteiger charge is 2.26. The molecule has 6 heteroatoms. The van der Waals surface area contributed by atoms with Crippen LogP contribution in [0.4, 0.5) is 0 Å². The smallest absolute Gasteiger partial charge is 0.243 e. The van der Waals surface area contributed by atoms with Crippen LogP contribution in [0, 0.1) is 13.8 Å². The van der Waals surface area contributed by atoms with E-state index in [4.69, 9.17) is 0 Å². The van der Waals surface area contributed by atoms with Crippen LogP contribution in [-0.4, -0.2) is 24.3 Å². The van der Waals surface area contributed by atoms with E-state index in [1.807, 2.05) is 55.6 Å². The molecule has 26 heavy (non-hydrogen) atoms. The number of rotatable bonds is 7. The van der Waals surface area contributed by atoms with E-state index in [9.17, 15) is 8.42 Å². The first-order valence-electron chi connectivity index (χ1n) is 8.45. The van der Waals surface area contributed by atoms with E-state index < -0.39 is 10.0 Å². The van der Waals surface area contributed by atoms with Crippen LogP contribution in [0.15, 0.2) is 65.1 Å². The zero-order valence-corrected chi connectivity index (χ0v) is 16.6. The van der Waals surface area contributed by atoms with Gasteiger partial charge in [0.05, 0.1) is 4.90 Å². The molecule has 2 aromatic heterocycles. The van der Waals surface area contributed by atoms with Crippen molar-refractivity contribution in [2.45, 2.75) is 31.7 Å². The van der Waals surface area contributed by atoms with Crippen LogP contribution < -0.4 is 0 Å². The molecule has 0 aliphatic carbocycles. The molecule has 0 radical (unpaired) electrons. The lowest BCUT2D eigenvalue weighted by atomic mass is 10.2. The van der Waals surface area contributed by atoms with E-state index in [2.05, 4.69) is 4.98 Å². The molecule has 0 saturated carbocycles. The summed E-state index contributed by atoms with van der Waals surface area (Å²) in [4.78, 5) is 5.67. The molecule has 0 saturated heterocycles. The molecule has 0 fully saturated rings. The predicted molar refractivity (Wildman–Crippen MR) is 106 cm³/mol. The molecule has 0 unspecified atom stereocenters. The number of hydrogen-bond acceptors (Lipinski definition) is 4. The van der Waals surface area contributed by atoms with Crippen molar-refractivity contribution in [2.75, 3.05) is 6.54 Å². The first kappa shape index (κ1) is 18.8. The van der Waals surface area contributed by atoms with E-state index in [0.29, 0.717) is 24.4 Å². The molecule has 0 aliphatic heterocycles. The molecule has 136 valence electrons. The summed E-state index contributed by atoms with van der Waals surface area (Å²) in [5.74, 6) is 0. The molecule has 0 N–H and O–H groups in total. The molecule has 0 bridgehead atoms. The Bertz CT molecular complexity index is 953.